The van der Waals surface area contributed by atoms with Crippen LogP contribution in [0.4, 0.5) is 0 Å². The molecule has 0 aromatic heterocycles. The van der Waals surface area contributed by atoms with Crippen molar-refractivity contribution in [2.24, 2.45) is 11.8 Å². The third-order valence-electron chi connectivity index (χ3n) is 5.18. The molecular formula is C24H38O4. The Bertz CT molecular complexity index is 606. The van der Waals surface area contributed by atoms with Crippen LogP contribution in [-0.4, -0.2) is 31.2 Å². The van der Waals surface area contributed by atoms with Gasteiger partial charge in [-0.25, -0.2) is 0 Å². The zero-order chi connectivity index (χ0) is 20.7. The molecule has 0 bridgehead atoms. The molecule has 28 heavy (non-hydrogen) atoms. The molecule has 1 saturated heterocycles. The molecule has 1 aliphatic heterocycles. The summed E-state index contributed by atoms with van der Waals surface area (Å²) >= 11 is 0. The van der Waals surface area contributed by atoms with Crippen molar-refractivity contribution in [2.45, 2.75) is 85.1 Å². The molecule has 1 fully saturated rings. The molecule has 4 nitrogen and oxygen atoms in total. The first-order chi connectivity index (χ1) is 13.3. The molecule has 0 spiro atoms. The lowest BCUT2D eigenvalue weighted by Crippen LogP contribution is -2.29. The van der Waals surface area contributed by atoms with Crippen LogP contribution < -0.4 is 4.74 Å². The Morgan fingerprint density at radius 1 is 1.07 bits per heavy atom. The van der Waals surface area contributed by atoms with Gasteiger partial charge in [0.25, 0.3) is 0 Å². The Morgan fingerprint density at radius 3 is 2.32 bits per heavy atom. The van der Waals surface area contributed by atoms with Gasteiger partial charge in [-0.1, -0.05) is 58.4 Å². The first-order valence-electron chi connectivity index (χ1n) is 10.5. The van der Waals surface area contributed by atoms with Gasteiger partial charge in [0.05, 0.1) is 32.0 Å². The van der Waals surface area contributed by atoms with E-state index in [9.17, 15) is 0 Å². The maximum absolute atomic E-state index is 6.19. The van der Waals surface area contributed by atoms with Gasteiger partial charge in [0.1, 0.15) is 5.75 Å². The number of ether oxygens (including phenoxy) is 4. The van der Waals surface area contributed by atoms with E-state index in [2.05, 4.69) is 39.8 Å². The summed E-state index contributed by atoms with van der Waals surface area (Å²) in [6.45, 7) is 13.4. The van der Waals surface area contributed by atoms with Crippen LogP contribution in [0, 0.1) is 11.8 Å². The highest BCUT2D eigenvalue weighted by Gasteiger charge is 2.42. The highest BCUT2D eigenvalue weighted by atomic mass is 16.8. The SMILES string of the molecule is CCC[C@@H]1OC(C)(C)O[C@@H]1C(C)/C=C\[C@@H](OCc1ccc(OC)cc1)C(C)C. The number of methoxy groups -OCH3 is 1. The van der Waals surface area contributed by atoms with Crippen LogP contribution in [0.1, 0.15) is 59.9 Å². The number of hydrogen-bond donors (Lipinski definition) is 0. The smallest absolute Gasteiger partial charge is 0.163 e. The predicted octanol–water partition coefficient (Wildman–Crippen LogP) is 5.75. The molecule has 1 unspecified atom stereocenters. The van der Waals surface area contributed by atoms with Crippen LogP contribution in [0.25, 0.3) is 0 Å². The molecule has 1 aliphatic rings. The summed E-state index contributed by atoms with van der Waals surface area (Å²) in [7, 11) is 1.68. The highest BCUT2D eigenvalue weighted by molar-refractivity contribution is 5.26. The van der Waals surface area contributed by atoms with E-state index in [0.29, 0.717) is 12.5 Å². The van der Waals surface area contributed by atoms with Crippen molar-refractivity contribution in [1.82, 2.24) is 0 Å². The van der Waals surface area contributed by atoms with Crippen LogP contribution >= 0.6 is 0 Å². The Balaban J connectivity index is 1.96. The molecule has 0 aliphatic carbocycles. The standard InChI is InChI=1S/C24H38O4/c1-8-9-22-23(28-24(5,6)27-22)18(4)10-15-21(17(2)3)26-16-19-11-13-20(25-7)14-12-19/h10-15,17-18,21-23H,8-9,16H2,1-7H3/b15-10-/t18?,21-,22+,23-/m1/s1. The van der Waals surface area contributed by atoms with Gasteiger partial charge in [0.15, 0.2) is 5.79 Å². The summed E-state index contributed by atoms with van der Waals surface area (Å²) < 4.78 is 23.7. The van der Waals surface area contributed by atoms with Gasteiger partial charge >= 0.3 is 0 Å². The lowest BCUT2D eigenvalue weighted by Gasteiger charge is -2.23. The van der Waals surface area contributed by atoms with Crippen molar-refractivity contribution >= 4 is 0 Å². The third-order valence-corrected chi connectivity index (χ3v) is 5.18. The number of benzene rings is 1. The normalized spacial score (nSPS) is 24.0. The van der Waals surface area contributed by atoms with Gasteiger partial charge < -0.3 is 18.9 Å². The van der Waals surface area contributed by atoms with Gasteiger partial charge in [0.2, 0.25) is 0 Å². The van der Waals surface area contributed by atoms with Crippen LogP contribution in [0.3, 0.4) is 0 Å². The van der Waals surface area contributed by atoms with Crippen LogP contribution in [-0.2, 0) is 20.8 Å². The van der Waals surface area contributed by atoms with Crippen molar-refractivity contribution in [2.75, 3.05) is 7.11 Å². The topological polar surface area (TPSA) is 36.9 Å². The summed E-state index contributed by atoms with van der Waals surface area (Å²) in [5.41, 5.74) is 1.14. The van der Waals surface area contributed by atoms with Crippen LogP contribution in [0.2, 0.25) is 0 Å². The van der Waals surface area contributed by atoms with Crippen molar-refractivity contribution in [3.8, 4) is 5.75 Å². The summed E-state index contributed by atoms with van der Waals surface area (Å²) in [4.78, 5) is 0. The predicted molar refractivity (Wildman–Crippen MR) is 113 cm³/mol. The summed E-state index contributed by atoms with van der Waals surface area (Å²) in [5, 5.41) is 0. The highest BCUT2D eigenvalue weighted by Crippen LogP contribution is 2.35. The summed E-state index contributed by atoms with van der Waals surface area (Å²) in [5.74, 6) is 1.02. The molecule has 1 aromatic rings. The van der Waals surface area contributed by atoms with Crippen LogP contribution in [0.15, 0.2) is 36.4 Å². The molecule has 158 valence electrons. The minimum absolute atomic E-state index is 0.0597. The monoisotopic (exact) mass is 390 g/mol. The Labute approximate surface area is 171 Å². The molecule has 0 saturated carbocycles. The van der Waals surface area contributed by atoms with Gasteiger partial charge in [-0.2, -0.15) is 0 Å². The molecule has 4 atom stereocenters. The zero-order valence-corrected chi connectivity index (χ0v) is 18.6. The fourth-order valence-corrected chi connectivity index (χ4v) is 3.60. The maximum Gasteiger partial charge on any atom is 0.163 e. The molecule has 2 rings (SSSR count). The van der Waals surface area contributed by atoms with Crippen molar-refractivity contribution in [3.05, 3.63) is 42.0 Å². The van der Waals surface area contributed by atoms with Crippen molar-refractivity contribution in [1.29, 1.82) is 0 Å². The van der Waals surface area contributed by atoms with E-state index in [1.807, 2.05) is 38.1 Å². The van der Waals surface area contributed by atoms with E-state index in [1.54, 1.807) is 7.11 Å². The van der Waals surface area contributed by atoms with E-state index in [4.69, 9.17) is 18.9 Å². The van der Waals surface area contributed by atoms with E-state index in [0.717, 1.165) is 24.2 Å². The minimum Gasteiger partial charge on any atom is -0.497 e. The van der Waals surface area contributed by atoms with Crippen molar-refractivity contribution < 1.29 is 18.9 Å². The molecular weight excluding hydrogens is 352 g/mol. The minimum atomic E-state index is -0.505. The molecule has 1 heterocycles. The first-order valence-corrected chi connectivity index (χ1v) is 10.5. The average Bonchev–Trinajstić information content (AvgIpc) is 2.96. The molecule has 0 radical (unpaired) electrons. The fraction of sp³-hybridized carbons (Fsp3) is 0.667. The zero-order valence-electron chi connectivity index (χ0n) is 18.6. The Morgan fingerprint density at radius 2 is 1.75 bits per heavy atom. The van der Waals surface area contributed by atoms with Gasteiger partial charge in [-0.3, -0.25) is 0 Å². The van der Waals surface area contributed by atoms with Crippen molar-refractivity contribution in [3.63, 3.8) is 0 Å². The third kappa shape index (κ3) is 6.61. The Hall–Kier alpha value is -1.36. The van der Waals surface area contributed by atoms with E-state index in [-0.39, 0.29) is 24.2 Å². The summed E-state index contributed by atoms with van der Waals surface area (Å²) in [6, 6.07) is 8.02. The lowest BCUT2D eigenvalue weighted by atomic mass is 9.95. The quantitative estimate of drug-likeness (QED) is 0.477. The van der Waals surface area contributed by atoms with E-state index < -0.39 is 5.79 Å². The largest absolute Gasteiger partial charge is 0.497 e. The first kappa shape index (κ1) is 22.9. The maximum atomic E-state index is 6.19. The molecule has 4 heteroatoms. The second-order valence-electron chi connectivity index (χ2n) is 8.54. The number of rotatable bonds is 10. The van der Waals surface area contributed by atoms with E-state index in [1.165, 1.54) is 0 Å². The average molecular weight is 391 g/mol. The Kier molecular flexibility index (Phi) is 8.54. The van der Waals surface area contributed by atoms with Gasteiger partial charge in [-0.05, 0) is 43.9 Å². The molecule has 0 amide bonds. The van der Waals surface area contributed by atoms with Gasteiger partial charge in [-0.15, -0.1) is 0 Å². The number of hydrogen-bond acceptors (Lipinski definition) is 4. The second kappa shape index (κ2) is 10.4. The second-order valence-corrected chi connectivity index (χ2v) is 8.54. The fourth-order valence-electron chi connectivity index (χ4n) is 3.60. The van der Waals surface area contributed by atoms with Gasteiger partial charge in [0, 0.05) is 5.92 Å². The van der Waals surface area contributed by atoms with E-state index >= 15 is 0 Å². The molecule has 0 N–H and O–H groups in total. The molecule has 1 aromatic carbocycles. The lowest BCUT2D eigenvalue weighted by molar-refractivity contribution is -0.149. The summed E-state index contributed by atoms with van der Waals surface area (Å²) in [6.07, 6.45) is 6.83. The van der Waals surface area contributed by atoms with Crippen LogP contribution in [0.5, 0.6) is 5.75 Å².